The second kappa shape index (κ2) is 6.35. The fourth-order valence-electron chi connectivity index (χ4n) is 2.06. The number of amides is 2. The van der Waals surface area contributed by atoms with Crippen molar-refractivity contribution in [2.24, 2.45) is 0 Å². The quantitative estimate of drug-likeness (QED) is 0.833. The van der Waals surface area contributed by atoms with E-state index in [2.05, 4.69) is 10.6 Å². The molecule has 0 unspecified atom stereocenters. The van der Waals surface area contributed by atoms with Crippen molar-refractivity contribution in [3.63, 3.8) is 0 Å². The minimum Gasteiger partial charge on any atom is -0.486 e. The maximum atomic E-state index is 13.0. The Hall–Kier alpha value is -3.09. The fourth-order valence-corrected chi connectivity index (χ4v) is 2.06. The molecular weight excluding hydrogens is 303 g/mol. The van der Waals surface area contributed by atoms with Crippen LogP contribution in [0.25, 0.3) is 0 Å². The predicted octanol–water partition coefficient (Wildman–Crippen LogP) is 2.17. The summed E-state index contributed by atoms with van der Waals surface area (Å²) in [5, 5.41) is 4.76. The molecule has 0 aliphatic carbocycles. The number of anilines is 2. The van der Waals surface area contributed by atoms with Crippen LogP contribution >= 0.6 is 0 Å². The first kappa shape index (κ1) is 14.8. The van der Waals surface area contributed by atoms with Crippen molar-refractivity contribution >= 4 is 23.2 Å². The molecule has 0 spiro atoms. The minimum atomic E-state index is -0.898. The lowest BCUT2D eigenvalue weighted by molar-refractivity contribution is -0.133. The summed E-state index contributed by atoms with van der Waals surface area (Å²) in [5.74, 6) is -1.19. The second-order valence-electron chi connectivity index (χ2n) is 4.78. The number of fused-ring (bicyclic) bond motifs is 1. The van der Waals surface area contributed by atoms with E-state index in [0.29, 0.717) is 30.4 Å². The maximum Gasteiger partial charge on any atom is 0.314 e. The molecule has 2 amide bonds. The molecule has 118 valence electrons. The molecule has 0 fully saturated rings. The Balaban J connectivity index is 1.65. The number of nitrogens with one attached hydrogen (secondary N) is 2. The van der Waals surface area contributed by atoms with Gasteiger partial charge in [-0.3, -0.25) is 9.59 Å². The number of ether oxygens (including phenoxy) is 2. The molecule has 3 rings (SSSR count). The predicted molar refractivity (Wildman–Crippen MR) is 81.1 cm³/mol. The minimum absolute atomic E-state index is 0.201. The zero-order chi connectivity index (χ0) is 16.2. The third kappa shape index (κ3) is 3.57. The number of rotatable bonds is 2. The van der Waals surface area contributed by atoms with Gasteiger partial charge >= 0.3 is 11.8 Å². The molecule has 0 saturated carbocycles. The van der Waals surface area contributed by atoms with Crippen molar-refractivity contribution in [3.05, 3.63) is 48.3 Å². The molecule has 1 aliphatic rings. The molecule has 0 bridgehead atoms. The largest absolute Gasteiger partial charge is 0.486 e. The first-order valence-electron chi connectivity index (χ1n) is 6.89. The number of halogens is 1. The van der Waals surface area contributed by atoms with Gasteiger partial charge in [-0.1, -0.05) is 6.07 Å². The summed E-state index contributed by atoms with van der Waals surface area (Å²) >= 11 is 0. The molecule has 2 aromatic rings. The summed E-state index contributed by atoms with van der Waals surface area (Å²) < 4.78 is 23.8. The van der Waals surface area contributed by atoms with Crippen LogP contribution in [0, 0.1) is 5.82 Å². The van der Waals surface area contributed by atoms with Gasteiger partial charge in [0.2, 0.25) is 0 Å². The highest BCUT2D eigenvalue weighted by Gasteiger charge is 2.17. The number of carbonyl (C=O) groups excluding carboxylic acids is 2. The molecule has 2 N–H and O–H groups in total. The molecule has 0 saturated heterocycles. The zero-order valence-corrected chi connectivity index (χ0v) is 12.0. The van der Waals surface area contributed by atoms with Gasteiger partial charge in [0.1, 0.15) is 19.0 Å². The monoisotopic (exact) mass is 316 g/mol. The first-order valence-corrected chi connectivity index (χ1v) is 6.89. The van der Waals surface area contributed by atoms with Gasteiger partial charge in [0.25, 0.3) is 0 Å². The van der Waals surface area contributed by atoms with E-state index in [9.17, 15) is 14.0 Å². The molecular formula is C16H13FN2O4. The van der Waals surface area contributed by atoms with Gasteiger partial charge in [-0.2, -0.15) is 0 Å². The molecule has 0 aromatic heterocycles. The van der Waals surface area contributed by atoms with Crippen molar-refractivity contribution in [1.82, 2.24) is 0 Å². The van der Waals surface area contributed by atoms with Crippen LogP contribution in [0.2, 0.25) is 0 Å². The topological polar surface area (TPSA) is 76.7 Å². The third-order valence-electron chi connectivity index (χ3n) is 3.09. The Labute approximate surface area is 131 Å². The Morgan fingerprint density at radius 1 is 0.870 bits per heavy atom. The van der Waals surface area contributed by atoms with E-state index in [1.165, 1.54) is 18.2 Å². The Morgan fingerprint density at radius 3 is 2.22 bits per heavy atom. The summed E-state index contributed by atoms with van der Waals surface area (Å²) in [6.07, 6.45) is 0. The normalized spacial score (nSPS) is 12.4. The Bertz CT molecular complexity index is 763. The number of benzene rings is 2. The molecule has 1 heterocycles. The molecule has 6 nitrogen and oxygen atoms in total. The van der Waals surface area contributed by atoms with Crippen molar-refractivity contribution in [3.8, 4) is 11.5 Å². The second-order valence-corrected chi connectivity index (χ2v) is 4.78. The highest BCUT2D eigenvalue weighted by Crippen LogP contribution is 2.32. The average molecular weight is 316 g/mol. The summed E-state index contributed by atoms with van der Waals surface area (Å²) in [7, 11) is 0. The van der Waals surface area contributed by atoms with Gasteiger partial charge in [-0.15, -0.1) is 0 Å². The van der Waals surface area contributed by atoms with Crippen LogP contribution in [0.15, 0.2) is 42.5 Å². The van der Waals surface area contributed by atoms with Gasteiger partial charge in [0.15, 0.2) is 11.5 Å². The lowest BCUT2D eigenvalue weighted by Crippen LogP contribution is -2.29. The fraction of sp³-hybridized carbons (Fsp3) is 0.125. The lowest BCUT2D eigenvalue weighted by Gasteiger charge is -2.18. The van der Waals surface area contributed by atoms with Crippen molar-refractivity contribution in [1.29, 1.82) is 0 Å². The molecule has 2 aromatic carbocycles. The van der Waals surface area contributed by atoms with E-state index in [-0.39, 0.29) is 5.69 Å². The van der Waals surface area contributed by atoms with Gasteiger partial charge in [-0.25, -0.2) is 4.39 Å². The van der Waals surface area contributed by atoms with E-state index < -0.39 is 17.6 Å². The Morgan fingerprint density at radius 2 is 1.52 bits per heavy atom. The van der Waals surface area contributed by atoms with E-state index in [1.807, 2.05) is 0 Å². The van der Waals surface area contributed by atoms with E-state index in [0.717, 1.165) is 6.07 Å². The van der Waals surface area contributed by atoms with Gasteiger partial charge < -0.3 is 20.1 Å². The SMILES string of the molecule is O=C(Nc1cccc(F)c1)C(=O)Nc1ccc2c(c1)OCCO2. The summed E-state index contributed by atoms with van der Waals surface area (Å²) in [5.41, 5.74) is 0.598. The average Bonchev–Trinajstić information content (AvgIpc) is 2.54. The Kier molecular flexibility index (Phi) is 4.09. The van der Waals surface area contributed by atoms with Crippen molar-refractivity contribution in [2.75, 3.05) is 23.8 Å². The summed E-state index contributed by atoms with van der Waals surface area (Å²) in [6, 6.07) is 10.1. The number of hydrogen-bond acceptors (Lipinski definition) is 4. The molecule has 23 heavy (non-hydrogen) atoms. The van der Waals surface area contributed by atoms with Crippen molar-refractivity contribution < 1.29 is 23.5 Å². The van der Waals surface area contributed by atoms with Gasteiger partial charge in [0, 0.05) is 17.4 Å². The van der Waals surface area contributed by atoms with E-state index in [1.54, 1.807) is 18.2 Å². The maximum absolute atomic E-state index is 13.0. The lowest BCUT2D eigenvalue weighted by atomic mass is 10.2. The van der Waals surface area contributed by atoms with Crippen LogP contribution < -0.4 is 20.1 Å². The number of carbonyl (C=O) groups is 2. The van der Waals surface area contributed by atoms with Crippen LogP contribution in [-0.4, -0.2) is 25.0 Å². The van der Waals surface area contributed by atoms with Crippen LogP contribution in [0.4, 0.5) is 15.8 Å². The first-order chi connectivity index (χ1) is 11.1. The number of hydrogen-bond donors (Lipinski definition) is 2. The van der Waals surface area contributed by atoms with E-state index >= 15 is 0 Å². The molecule has 1 aliphatic heterocycles. The standard InChI is InChI=1S/C16H13FN2O4/c17-10-2-1-3-11(8-10)18-15(20)16(21)19-12-4-5-13-14(9-12)23-7-6-22-13/h1-5,8-9H,6-7H2,(H,18,20)(H,19,21). The van der Waals surface area contributed by atoms with Crippen LogP contribution in [-0.2, 0) is 9.59 Å². The summed E-state index contributed by atoms with van der Waals surface area (Å²) in [6.45, 7) is 0.888. The highest BCUT2D eigenvalue weighted by molar-refractivity contribution is 6.43. The summed E-state index contributed by atoms with van der Waals surface area (Å²) in [4.78, 5) is 23.7. The molecule has 7 heteroatoms. The molecule has 0 radical (unpaired) electrons. The van der Waals surface area contributed by atoms with E-state index in [4.69, 9.17) is 9.47 Å². The van der Waals surface area contributed by atoms with Gasteiger partial charge in [-0.05, 0) is 30.3 Å². The highest BCUT2D eigenvalue weighted by atomic mass is 19.1. The smallest absolute Gasteiger partial charge is 0.314 e. The third-order valence-corrected chi connectivity index (χ3v) is 3.09. The molecule has 0 atom stereocenters. The van der Waals surface area contributed by atoms with Crippen LogP contribution in [0.5, 0.6) is 11.5 Å². The van der Waals surface area contributed by atoms with Crippen molar-refractivity contribution in [2.45, 2.75) is 0 Å². The zero-order valence-electron chi connectivity index (χ0n) is 12.0. The van der Waals surface area contributed by atoms with Crippen LogP contribution in [0.3, 0.4) is 0 Å². The van der Waals surface area contributed by atoms with Gasteiger partial charge in [0.05, 0.1) is 0 Å². The van der Waals surface area contributed by atoms with Crippen LogP contribution in [0.1, 0.15) is 0 Å².